The van der Waals surface area contributed by atoms with E-state index in [1.807, 2.05) is 63.2 Å². The number of benzene rings is 2. The number of esters is 1. The summed E-state index contributed by atoms with van der Waals surface area (Å²) in [4.78, 5) is 23.5. The molecule has 1 amide bonds. The number of rotatable bonds is 9. The van der Waals surface area contributed by atoms with Crippen LogP contribution in [0.15, 0.2) is 54.6 Å². The zero-order chi connectivity index (χ0) is 19.7. The van der Waals surface area contributed by atoms with Gasteiger partial charge in [0.1, 0.15) is 5.75 Å². The van der Waals surface area contributed by atoms with Gasteiger partial charge >= 0.3 is 5.97 Å². The van der Waals surface area contributed by atoms with E-state index in [2.05, 4.69) is 10.6 Å². The van der Waals surface area contributed by atoms with E-state index in [-0.39, 0.29) is 24.7 Å². The number of ether oxygens (including phenoxy) is 2. The molecular formula is C21H26N2O4. The van der Waals surface area contributed by atoms with Gasteiger partial charge in [-0.3, -0.25) is 4.79 Å². The van der Waals surface area contributed by atoms with E-state index in [9.17, 15) is 9.59 Å². The van der Waals surface area contributed by atoms with Crippen molar-refractivity contribution >= 4 is 23.3 Å². The van der Waals surface area contributed by atoms with Crippen molar-refractivity contribution < 1.29 is 19.1 Å². The summed E-state index contributed by atoms with van der Waals surface area (Å²) in [5.74, 6) is -0.375. The Bertz CT molecular complexity index is 743. The van der Waals surface area contributed by atoms with Gasteiger partial charge in [0.25, 0.3) is 5.91 Å². The number of amides is 1. The van der Waals surface area contributed by atoms with E-state index in [0.717, 1.165) is 17.8 Å². The Morgan fingerprint density at radius 1 is 0.926 bits per heavy atom. The zero-order valence-electron chi connectivity index (χ0n) is 16.0. The number of carbonyl (C=O) groups excluding carboxylic acids is 2. The van der Waals surface area contributed by atoms with Gasteiger partial charge in [0.2, 0.25) is 0 Å². The van der Waals surface area contributed by atoms with Crippen LogP contribution >= 0.6 is 0 Å². The minimum atomic E-state index is -0.592. The van der Waals surface area contributed by atoms with E-state index in [1.54, 1.807) is 12.1 Å². The third kappa shape index (κ3) is 7.40. The van der Waals surface area contributed by atoms with Crippen LogP contribution in [-0.4, -0.2) is 30.6 Å². The average Bonchev–Trinajstić information content (AvgIpc) is 2.66. The van der Waals surface area contributed by atoms with Crippen molar-refractivity contribution in [2.24, 2.45) is 0 Å². The molecule has 2 aromatic carbocycles. The smallest absolute Gasteiger partial charge is 0.344 e. The normalized spacial score (nSPS) is 10.8. The molecule has 0 fully saturated rings. The minimum absolute atomic E-state index is 0.254. The molecule has 0 spiro atoms. The summed E-state index contributed by atoms with van der Waals surface area (Å²) in [5, 5.41) is 6.06. The number of para-hydroxylation sites is 1. The molecule has 2 N–H and O–H groups in total. The Hall–Kier alpha value is -3.02. The molecule has 0 aliphatic heterocycles. The second kappa shape index (κ2) is 9.62. The van der Waals surface area contributed by atoms with Gasteiger partial charge in [-0.15, -0.1) is 0 Å². The van der Waals surface area contributed by atoms with Gasteiger partial charge in [0.15, 0.2) is 13.2 Å². The van der Waals surface area contributed by atoms with Crippen molar-refractivity contribution in [2.45, 2.75) is 32.7 Å². The maximum absolute atomic E-state index is 11.7. The quantitative estimate of drug-likeness (QED) is 0.659. The summed E-state index contributed by atoms with van der Waals surface area (Å²) in [6.45, 7) is 5.22. The first kappa shape index (κ1) is 20.3. The third-order valence-corrected chi connectivity index (χ3v) is 4.00. The number of carbonyl (C=O) groups is 2. The number of nitrogens with one attached hydrogen (secondary N) is 2. The van der Waals surface area contributed by atoms with Gasteiger partial charge in [-0.25, -0.2) is 4.79 Å². The highest BCUT2D eigenvalue weighted by molar-refractivity contribution is 5.81. The highest BCUT2D eigenvalue weighted by Crippen LogP contribution is 2.19. The Morgan fingerprint density at radius 2 is 1.56 bits per heavy atom. The molecule has 27 heavy (non-hydrogen) atoms. The maximum Gasteiger partial charge on any atom is 0.344 e. The van der Waals surface area contributed by atoms with Crippen LogP contribution < -0.4 is 15.4 Å². The average molecular weight is 370 g/mol. The number of hydrogen-bond donors (Lipinski definition) is 2. The van der Waals surface area contributed by atoms with Gasteiger partial charge < -0.3 is 20.1 Å². The van der Waals surface area contributed by atoms with Gasteiger partial charge in [-0.1, -0.05) is 25.1 Å². The predicted octanol–water partition coefficient (Wildman–Crippen LogP) is 3.66. The monoisotopic (exact) mass is 370 g/mol. The Balaban J connectivity index is 1.73. The SMILES string of the molecule is CCC(C)(C)NC(=O)COC(=O)COc1ccc(Nc2ccccc2)cc1. The van der Waals surface area contributed by atoms with Crippen LogP contribution in [-0.2, 0) is 14.3 Å². The summed E-state index contributed by atoms with van der Waals surface area (Å²) >= 11 is 0. The van der Waals surface area contributed by atoms with Crippen LogP contribution in [0.1, 0.15) is 27.2 Å². The van der Waals surface area contributed by atoms with Crippen molar-refractivity contribution in [3.05, 3.63) is 54.6 Å². The molecule has 0 aromatic heterocycles. The predicted molar refractivity (Wildman–Crippen MR) is 105 cm³/mol. The molecule has 2 rings (SSSR count). The van der Waals surface area contributed by atoms with Crippen LogP contribution in [0.2, 0.25) is 0 Å². The lowest BCUT2D eigenvalue weighted by atomic mass is 10.0. The highest BCUT2D eigenvalue weighted by atomic mass is 16.6. The maximum atomic E-state index is 11.7. The van der Waals surface area contributed by atoms with Gasteiger partial charge in [-0.05, 0) is 56.7 Å². The van der Waals surface area contributed by atoms with E-state index in [4.69, 9.17) is 9.47 Å². The molecule has 0 unspecified atom stereocenters. The molecule has 0 saturated carbocycles. The van der Waals surface area contributed by atoms with E-state index in [0.29, 0.717) is 5.75 Å². The lowest BCUT2D eigenvalue weighted by molar-refractivity contribution is -0.150. The van der Waals surface area contributed by atoms with Crippen LogP contribution in [0.25, 0.3) is 0 Å². The molecule has 0 aliphatic rings. The first-order valence-corrected chi connectivity index (χ1v) is 8.89. The van der Waals surface area contributed by atoms with Crippen LogP contribution in [0.3, 0.4) is 0 Å². The third-order valence-electron chi connectivity index (χ3n) is 4.00. The van der Waals surface area contributed by atoms with E-state index in [1.165, 1.54) is 0 Å². The molecule has 6 heteroatoms. The molecule has 0 aliphatic carbocycles. The summed E-state index contributed by atoms with van der Waals surface area (Å²) in [5.41, 5.74) is 1.57. The van der Waals surface area contributed by atoms with Gasteiger partial charge in [-0.2, -0.15) is 0 Å². The molecular weight excluding hydrogens is 344 g/mol. The second-order valence-corrected chi connectivity index (χ2v) is 6.75. The molecule has 6 nitrogen and oxygen atoms in total. The first-order valence-electron chi connectivity index (χ1n) is 8.89. The first-order chi connectivity index (χ1) is 12.9. The molecule has 0 atom stereocenters. The van der Waals surface area contributed by atoms with Gasteiger partial charge in [0, 0.05) is 16.9 Å². The lowest BCUT2D eigenvalue weighted by Crippen LogP contribution is -2.44. The zero-order valence-corrected chi connectivity index (χ0v) is 16.0. The van der Waals surface area contributed by atoms with Crippen molar-refractivity contribution in [2.75, 3.05) is 18.5 Å². The molecule has 2 aromatic rings. The standard InChI is InChI=1S/C21H26N2O4/c1-4-21(2,3)23-19(24)14-27-20(25)15-26-18-12-10-17(11-13-18)22-16-8-6-5-7-9-16/h5-13,22H,4,14-15H2,1-3H3,(H,23,24). The van der Waals surface area contributed by atoms with Gasteiger partial charge in [0.05, 0.1) is 0 Å². The molecule has 0 bridgehead atoms. The summed E-state index contributed by atoms with van der Waals surface area (Å²) < 4.78 is 10.3. The second-order valence-electron chi connectivity index (χ2n) is 6.75. The Morgan fingerprint density at radius 3 is 2.19 bits per heavy atom. The Labute approximate surface area is 159 Å². The fourth-order valence-electron chi connectivity index (χ4n) is 2.15. The summed E-state index contributed by atoms with van der Waals surface area (Å²) in [6.07, 6.45) is 0.783. The lowest BCUT2D eigenvalue weighted by Gasteiger charge is -2.24. The fourth-order valence-corrected chi connectivity index (χ4v) is 2.15. The number of hydrogen-bond acceptors (Lipinski definition) is 5. The molecule has 0 heterocycles. The van der Waals surface area contributed by atoms with Crippen molar-refractivity contribution in [3.8, 4) is 5.75 Å². The van der Waals surface area contributed by atoms with Crippen LogP contribution in [0, 0.1) is 0 Å². The van der Waals surface area contributed by atoms with Crippen molar-refractivity contribution in [3.63, 3.8) is 0 Å². The highest BCUT2D eigenvalue weighted by Gasteiger charge is 2.18. The van der Waals surface area contributed by atoms with E-state index >= 15 is 0 Å². The topological polar surface area (TPSA) is 76.7 Å². The Kier molecular flexibility index (Phi) is 7.23. The van der Waals surface area contributed by atoms with Crippen molar-refractivity contribution in [1.82, 2.24) is 5.32 Å². The fraction of sp³-hybridized carbons (Fsp3) is 0.333. The molecule has 0 saturated heterocycles. The van der Waals surface area contributed by atoms with Crippen LogP contribution in [0.5, 0.6) is 5.75 Å². The molecule has 0 radical (unpaired) electrons. The molecule has 144 valence electrons. The van der Waals surface area contributed by atoms with E-state index < -0.39 is 5.97 Å². The number of anilines is 2. The summed E-state index contributed by atoms with van der Waals surface area (Å²) in [7, 11) is 0. The van der Waals surface area contributed by atoms with Crippen molar-refractivity contribution in [1.29, 1.82) is 0 Å². The van der Waals surface area contributed by atoms with Crippen LogP contribution in [0.4, 0.5) is 11.4 Å². The minimum Gasteiger partial charge on any atom is -0.482 e. The summed E-state index contributed by atoms with van der Waals surface area (Å²) in [6, 6.07) is 17.0. The largest absolute Gasteiger partial charge is 0.482 e.